The molecule has 0 radical (unpaired) electrons. The van der Waals surface area contributed by atoms with Crippen molar-refractivity contribution in [2.24, 2.45) is 12.5 Å². The standard InChI is InChI=1S/C20H18FN7O5S/c1-7-6-28-13-9(4-10-12(16-27(3)25-26-34-16)24-33-14(10)11(13)21)5-20(15(28)8(2)32-7)17(29)22-19(31)23-18(20)30/h4,7-8,15H,5-6H2,1-3H3,(H-,22,23,29,30,31)/p+1/t7-,8+,15-/m0/s1. The van der Waals surface area contributed by atoms with Gasteiger partial charge in [-0.25, -0.2) is 9.18 Å². The number of fused-ring (bicyclic) bond motifs is 5. The first-order valence-corrected chi connectivity index (χ1v) is 11.4. The van der Waals surface area contributed by atoms with E-state index in [1.807, 2.05) is 6.92 Å². The first-order valence-electron chi connectivity index (χ1n) is 10.6. The van der Waals surface area contributed by atoms with Crippen LogP contribution in [0.2, 0.25) is 0 Å². The van der Waals surface area contributed by atoms with Crippen molar-refractivity contribution in [1.29, 1.82) is 0 Å². The minimum absolute atomic E-state index is 0.0450. The molecule has 3 aliphatic rings. The van der Waals surface area contributed by atoms with E-state index in [1.165, 1.54) is 4.68 Å². The molecule has 12 nitrogen and oxygen atoms in total. The molecule has 6 rings (SSSR count). The molecule has 0 bridgehead atoms. The molecular formula is C20H19FN7O5S+. The van der Waals surface area contributed by atoms with Gasteiger partial charge in [0.2, 0.25) is 17.4 Å². The van der Waals surface area contributed by atoms with E-state index in [4.69, 9.17) is 9.26 Å². The summed E-state index contributed by atoms with van der Waals surface area (Å²) in [5.41, 5.74) is -0.740. The molecular weight excluding hydrogens is 469 g/mol. The molecule has 2 N–H and O–H groups in total. The van der Waals surface area contributed by atoms with Crippen molar-refractivity contribution < 1.29 is 32.7 Å². The van der Waals surface area contributed by atoms with Crippen molar-refractivity contribution in [1.82, 2.24) is 25.5 Å². The van der Waals surface area contributed by atoms with Crippen LogP contribution in [0.5, 0.6) is 0 Å². The van der Waals surface area contributed by atoms with Crippen molar-refractivity contribution in [3.8, 4) is 10.7 Å². The largest absolute Gasteiger partial charge is 0.372 e. The molecule has 5 heterocycles. The van der Waals surface area contributed by atoms with E-state index in [0.717, 1.165) is 11.5 Å². The number of rotatable bonds is 1. The number of nitrogens with one attached hydrogen (secondary N) is 2. The number of hydrogen-bond acceptors (Lipinski definition) is 10. The Hall–Kier alpha value is -3.52. The molecule has 14 heteroatoms. The number of imide groups is 2. The number of carbonyl (C=O) groups excluding carboxylic acids is 3. The van der Waals surface area contributed by atoms with Gasteiger partial charge in [0, 0.05) is 13.0 Å². The van der Waals surface area contributed by atoms with E-state index in [9.17, 15) is 14.4 Å². The van der Waals surface area contributed by atoms with E-state index in [0.29, 0.717) is 21.7 Å². The maximum atomic E-state index is 16.0. The van der Waals surface area contributed by atoms with Crippen LogP contribution in [0.4, 0.5) is 14.9 Å². The Kier molecular flexibility index (Phi) is 4.33. The zero-order chi connectivity index (χ0) is 23.9. The lowest BCUT2D eigenvalue weighted by atomic mass is 9.66. The molecule has 2 aromatic heterocycles. The fourth-order valence-corrected chi connectivity index (χ4v) is 6.12. The molecule has 176 valence electrons. The Bertz CT molecular complexity index is 1380. The number of nitrogens with zero attached hydrogens (tertiary/aromatic N) is 5. The molecule has 1 aromatic carbocycles. The van der Waals surface area contributed by atoms with Crippen LogP contribution in [-0.4, -0.2) is 57.5 Å². The number of aromatic nitrogens is 4. The average Bonchev–Trinajstić information content (AvgIpc) is 3.37. The van der Waals surface area contributed by atoms with Gasteiger partial charge in [-0.1, -0.05) is 5.16 Å². The second-order valence-electron chi connectivity index (χ2n) is 8.83. The number of anilines is 1. The first kappa shape index (κ1) is 21.0. The summed E-state index contributed by atoms with van der Waals surface area (Å²) in [7, 11) is 1.68. The lowest BCUT2D eigenvalue weighted by Crippen LogP contribution is -2.75. The van der Waals surface area contributed by atoms with Gasteiger partial charge in [-0.05, 0) is 25.5 Å². The van der Waals surface area contributed by atoms with Crippen LogP contribution >= 0.6 is 11.5 Å². The van der Waals surface area contributed by atoms with Crippen molar-refractivity contribution >= 4 is 46.0 Å². The van der Waals surface area contributed by atoms with Gasteiger partial charge in [0.25, 0.3) is 5.01 Å². The molecule has 3 aromatic rings. The van der Waals surface area contributed by atoms with Gasteiger partial charge in [0.15, 0.2) is 33.7 Å². The van der Waals surface area contributed by atoms with Crippen LogP contribution in [0, 0.1) is 11.2 Å². The molecule has 2 saturated heterocycles. The zero-order valence-electron chi connectivity index (χ0n) is 18.3. The summed E-state index contributed by atoms with van der Waals surface area (Å²) in [6, 6.07) is -0.0509. The molecule has 34 heavy (non-hydrogen) atoms. The van der Waals surface area contributed by atoms with E-state index in [2.05, 4.69) is 25.5 Å². The Labute approximate surface area is 195 Å². The topological polar surface area (TPSA) is 143 Å². The van der Waals surface area contributed by atoms with E-state index >= 15 is 4.39 Å². The number of halogens is 1. The normalized spacial score (nSPS) is 25.8. The zero-order valence-corrected chi connectivity index (χ0v) is 19.1. The quantitative estimate of drug-likeness (QED) is 0.363. The van der Waals surface area contributed by atoms with E-state index in [1.54, 1.807) is 24.9 Å². The molecule has 0 unspecified atom stereocenters. The molecule has 3 aliphatic heterocycles. The van der Waals surface area contributed by atoms with Gasteiger partial charge < -0.3 is 14.2 Å². The van der Waals surface area contributed by atoms with Gasteiger partial charge in [-0.3, -0.25) is 20.2 Å². The maximum Gasteiger partial charge on any atom is 0.328 e. The van der Waals surface area contributed by atoms with Crippen molar-refractivity contribution in [3.05, 3.63) is 17.4 Å². The summed E-state index contributed by atoms with van der Waals surface area (Å²) in [6.45, 7) is 3.80. The Morgan fingerprint density at radius 1 is 1.26 bits per heavy atom. The van der Waals surface area contributed by atoms with Crippen molar-refractivity contribution in [3.63, 3.8) is 0 Å². The lowest BCUT2D eigenvalue weighted by molar-refractivity contribution is -0.719. The molecule has 2 fully saturated rings. The first-order chi connectivity index (χ1) is 16.2. The second kappa shape index (κ2) is 6.99. The highest BCUT2D eigenvalue weighted by atomic mass is 32.1. The number of morpholine rings is 1. The summed E-state index contributed by atoms with van der Waals surface area (Å²) < 4.78 is 32.8. The number of urea groups is 1. The predicted octanol–water partition coefficient (Wildman–Crippen LogP) is 0.201. The Morgan fingerprint density at radius 2 is 2.00 bits per heavy atom. The number of ether oxygens (including phenoxy) is 1. The molecule has 0 aliphatic carbocycles. The van der Waals surface area contributed by atoms with Crippen LogP contribution < -0.4 is 20.2 Å². The summed E-state index contributed by atoms with van der Waals surface area (Å²) >= 11 is 1.07. The fraction of sp³-hybridized carbons (Fsp3) is 0.450. The summed E-state index contributed by atoms with van der Waals surface area (Å²) in [4.78, 5) is 40.1. The summed E-state index contributed by atoms with van der Waals surface area (Å²) in [5, 5.41) is 13.3. The second-order valence-corrected chi connectivity index (χ2v) is 9.56. The van der Waals surface area contributed by atoms with Crippen molar-refractivity contribution in [2.75, 3.05) is 11.4 Å². The third kappa shape index (κ3) is 2.63. The Balaban J connectivity index is 1.61. The number of barbiturate groups is 1. The number of carbonyl (C=O) groups is 3. The highest BCUT2D eigenvalue weighted by Gasteiger charge is 2.63. The van der Waals surface area contributed by atoms with Crippen LogP contribution in [-0.2, 0) is 27.8 Å². The minimum atomic E-state index is -1.70. The monoisotopic (exact) mass is 488 g/mol. The van der Waals surface area contributed by atoms with Gasteiger partial charge in [-0.15, -0.1) is 4.68 Å². The third-order valence-electron chi connectivity index (χ3n) is 6.76. The molecule has 4 amide bonds. The Morgan fingerprint density at radius 3 is 2.68 bits per heavy atom. The van der Waals surface area contributed by atoms with Crippen LogP contribution in [0.1, 0.15) is 19.4 Å². The molecule has 0 saturated carbocycles. The molecule has 1 spiro atoms. The molecule has 3 atom stereocenters. The number of benzene rings is 1. The van der Waals surface area contributed by atoms with Crippen LogP contribution in [0.3, 0.4) is 0 Å². The SMILES string of the molecule is C[C@H]1CN2c3c(cc4c(-c5snn[n+]5C)noc4c3F)CC3(C(=O)NC(=O)NC3=O)[C@@H]2[C@@H](C)O1. The van der Waals surface area contributed by atoms with Gasteiger partial charge in [-0.2, -0.15) is 0 Å². The van der Waals surface area contributed by atoms with Crippen molar-refractivity contribution in [2.45, 2.75) is 38.5 Å². The summed E-state index contributed by atoms with van der Waals surface area (Å²) in [5.74, 6) is -2.12. The predicted molar refractivity (Wildman–Crippen MR) is 113 cm³/mol. The number of amides is 4. The lowest BCUT2D eigenvalue weighted by Gasteiger charge is -2.55. The van der Waals surface area contributed by atoms with E-state index < -0.39 is 41.2 Å². The van der Waals surface area contributed by atoms with Gasteiger partial charge in [0.1, 0.15) is 11.5 Å². The maximum absolute atomic E-state index is 16.0. The number of hydrogen-bond donors (Lipinski definition) is 2. The smallest absolute Gasteiger partial charge is 0.328 e. The van der Waals surface area contributed by atoms with Crippen LogP contribution in [0.25, 0.3) is 21.7 Å². The number of aryl methyl sites for hydroxylation is 1. The third-order valence-corrected chi connectivity index (χ3v) is 7.54. The van der Waals surface area contributed by atoms with E-state index in [-0.39, 0.29) is 30.3 Å². The van der Waals surface area contributed by atoms with Crippen LogP contribution in [0.15, 0.2) is 10.6 Å². The average molecular weight is 488 g/mol. The highest BCUT2D eigenvalue weighted by molar-refractivity contribution is 7.08. The summed E-state index contributed by atoms with van der Waals surface area (Å²) in [6.07, 6.45) is -1.04. The fourth-order valence-electron chi connectivity index (χ4n) is 5.51. The van der Waals surface area contributed by atoms with Gasteiger partial charge >= 0.3 is 6.03 Å². The van der Waals surface area contributed by atoms with Gasteiger partial charge in [0.05, 0.1) is 29.3 Å². The minimum Gasteiger partial charge on any atom is -0.372 e. The highest BCUT2D eigenvalue weighted by Crippen LogP contribution is 2.49.